The first-order valence-corrected chi connectivity index (χ1v) is 12.5. The molecule has 3 heterocycles. The minimum atomic E-state index is -4.07. The van der Waals surface area contributed by atoms with Crippen molar-refractivity contribution in [1.82, 2.24) is 14.1 Å². The van der Waals surface area contributed by atoms with Gasteiger partial charge in [-0.15, -0.1) is 5.88 Å². The number of nitrogens with zero attached hydrogens (tertiary/aromatic N) is 4. The fourth-order valence-corrected chi connectivity index (χ4v) is 4.55. The molecule has 0 aromatic carbocycles. The van der Waals surface area contributed by atoms with Crippen molar-refractivity contribution in [3.8, 4) is 11.7 Å². The smallest absolute Gasteiger partial charge is 0.264 e. The van der Waals surface area contributed by atoms with Gasteiger partial charge in [-0.2, -0.15) is 8.42 Å². The van der Waals surface area contributed by atoms with Gasteiger partial charge in [-0.25, -0.2) is 4.98 Å². The molecule has 1 aliphatic rings. The van der Waals surface area contributed by atoms with Gasteiger partial charge in [-0.1, -0.05) is 17.7 Å². The summed E-state index contributed by atoms with van der Waals surface area (Å²) in [6.07, 6.45) is 2.49. The number of unbranched alkanes of at least 4 members (excludes halogenated alkanes) is 1. The average Bonchev–Trinajstić information content (AvgIpc) is 3.21. The molecule has 2 unspecified atom stereocenters. The van der Waals surface area contributed by atoms with Gasteiger partial charge in [0, 0.05) is 24.9 Å². The molecular formula is C19H24ClN4O7S2-. The molecule has 1 aliphatic heterocycles. The number of ether oxygens (including phenoxy) is 2. The molecule has 2 atom stereocenters. The second kappa shape index (κ2) is 10.8. The van der Waals surface area contributed by atoms with Gasteiger partial charge >= 0.3 is 0 Å². The fraction of sp³-hybridized carbons (Fsp3) is 0.474. The molecule has 0 saturated heterocycles. The molecule has 2 N–H and O–H groups in total. The second-order valence-electron chi connectivity index (χ2n) is 7.21. The quantitative estimate of drug-likeness (QED) is 0.0845. The average molecular weight is 520 g/mol. The Morgan fingerprint density at radius 1 is 1.45 bits per heavy atom. The van der Waals surface area contributed by atoms with Gasteiger partial charge in [-0.05, 0) is 37.7 Å². The van der Waals surface area contributed by atoms with Crippen LogP contribution in [-0.4, -0.2) is 73.9 Å². The highest BCUT2D eigenvalue weighted by Gasteiger charge is 2.35. The Morgan fingerprint density at radius 2 is 2.21 bits per heavy atom. The first kappa shape index (κ1) is 25.5. The molecule has 0 radical (unpaired) electrons. The van der Waals surface area contributed by atoms with Gasteiger partial charge < -0.3 is 28.8 Å². The molecule has 2 aromatic heterocycles. The van der Waals surface area contributed by atoms with E-state index in [4.69, 9.17) is 37.8 Å². The van der Waals surface area contributed by atoms with Crippen LogP contribution in [0, 0.1) is 10.8 Å². The Bertz CT molecular complexity index is 1150. The van der Waals surface area contributed by atoms with Crippen molar-refractivity contribution in [2.75, 3.05) is 18.9 Å². The van der Waals surface area contributed by atoms with Crippen LogP contribution in [0.15, 0.2) is 24.4 Å². The molecule has 14 heteroatoms. The third kappa shape index (κ3) is 6.25. The van der Waals surface area contributed by atoms with Gasteiger partial charge in [-0.3, -0.25) is 9.13 Å². The molecular weight excluding hydrogens is 496 g/mol. The zero-order valence-corrected chi connectivity index (χ0v) is 20.1. The molecule has 0 bridgehead atoms. The number of hydrogen-bond acceptors (Lipinski definition) is 8. The summed E-state index contributed by atoms with van der Waals surface area (Å²) in [6, 6.07) is 5.42. The second-order valence-corrected chi connectivity index (χ2v) is 9.54. The lowest BCUT2D eigenvalue weighted by Gasteiger charge is -2.25. The van der Waals surface area contributed by atoms with Crippen LogP contribution in [0.5, 0.6) is 5.88 Å². The lowest BCUT2D eigenvalue weighted by molar-refractivity contribution is -0.499. The first-order chi connectivity index (χ1) is 15.6. The highest BCUT2D eigenvalue weighted by atomic mass is 35.5. The third-order valence-corrected chi connectivity index (χ3v) is 6.29. The van der Waals surface area contributed by atoms with Crippen molar-refractivity contribution in [1.29, 1.82) is 0 Å². The van der Waals surface area contributed by atoms with E-state index in [0.717, 1.165) is 0 Å². The number of halogens is 1. The van der Waals surface area contributed by atoms with Gasteiger partial charge in [0.1, 0.15) is 12.4 Å². The summed E-state index contributed by atoms with van der Waals surface area (Å²) >= 11 is 11.9. The molecule has 11 nitrogen and oxygen atoms in total. The normalized spacial score (nSPS) is 17.2. The van der Waals surface area contributed by atoms with Crippen molar-refractivity contribution >= 4 is 40.3 Å². The summed E-state index contributed by atoms with van der Waals surface area (Å²) in [5.74, 6) is -0.506. The van der Waals surface area contributed by atoms with Crippen LogP contribution >= 0.6 is 23.8 Å². The number of aliphatic hydroxyl groups is 1. The van der Waals surface area contributed by atoms with E-state index in [1.807, 2.05) is 0 Å². The predicted octanol–water partition coefficient (Wildman–Crippen LogP) is 1.02. The molecule has 0 amide bonds. The Labute approximate surface area is 201 Å². The largest absolute Gasteiger partial charge is 0.914 e. The zero-order chi connectivity index (χ0) is 24.2. The maximum atomic E-state index is 13.5. The summed E-state index contributed by atoms with van der Waals surface area (Å²) in [5, 5.41) is 22.9. The Morgan fingerprint density at radius 3 is 2.85 bits per heavy atom. The van der Waals surface area contributed by atoms with Crippen LogP contribution in [0.1, 0.15) is 25.5 Å². The monoisotopic (exact) mass is 519 g/mol. The summed E-state index contributed by atoms with van der Waals surface area (Å²) in [5.41, 5.74) is -0.819. The van der Waals surface area contributed by atoms with Crippen LogP contribution in [-0.2, 0) is 26.1 Å². The topological polar surface area (TPSA) is 142 Å². The van der Waals surface area contributed by atoms with Crippen LogP contribution in [0.3, 0.4) is 0 Å². The lowest BCUT2D eigenvalue weighted by atomic mass is 10.2. The number of hydrogen-bond donors (Lipinski definition) is 2. The molecule has 3 rings (SSSR count). The van der Waals surface area contributed by atoms with Gasteiger partial charge in [0.15, 0.2) is 17.1 Å². The van der Waals surface area contributed by atoms with Crippen molar-refractivity contribution in [2.24, 2.45) is 0 Å². The fourth-order valence-electron chi connectivity index (χ4n) is 3.34. The summed E-state index contributed by atoms with van der Waals surface area (Å²) in [4.78, 5) is 4.22. The Hall–Kier alpha value is -2.16. The summed E-state index contributed by atoms with van der Waals surface area (Å²) in [6.45, 7) is 1.98. The molecule has 2 aromatic rings. The Kier molecular flexibility index (Phi) is 8.37. The summed E-state index contributed by atoms with van der Waals surface area (Å²) < 4.78 is 46.1. The van der Waals surface area contributed by atoms with E-state index < -0.39 is 27.9 Å². The number of aliphatic hydroxyl groups excluding tert-OH is 1. The highest BCUT2D eigenvalue weighted by Crippen LogP contribution is 2.35. The van der Waals surface area contributed by atoms with Crippen LogP contribution in [0.2, 0.25) is 0 Å². The minimum Gasteiger partial charge on any atom is -0.914 e. The first-order valence-electron chi connectivity index (χ1n) is 10.1. The molecule has 0 spiro atoms. The number of alkyl halides is 1. The molecule has 0 fully saturated rings. The van der Waals surface area contributed by atoms with E-state index in [1.165, 1.54) is 24.1 Å². The van der Waals surface area contributed by atoms with E-state index in [1.54, 1.807) is 27.3 Å². The molecule has 0 saturated carbocycles. The minimum absolute atomic E-state index is 0.0732. The molecule has 182 valence electrons. The SMILES string of the molecule is CC(O)OCCn1c([C-]2C(Cl)OC=[N+]2CCCCS(=O)(=O)O)c([O-])n(-c2ccccn2)c1=S. The Balaban J connectivity index is 1.96. The van der Waals surface area contributed by atoms with Crippen LogP contribution in [0.25, 0.3) is 5.82 Å². The van der Waals surface area contributed by atoms with Gasteiger partial charge in [0.25, 0.3) is 10.1 Å². The maximum absolute atomic E-state index is 13.5. The van der Waals surface area contributed by atoms with E-state index in [2.05, 4.69) is 4.98 Å². The number of pyridine rings is 1. The van der Waals surface area contributed by atoms with Gasteiger partial charge in [0.05, 0.1) is 12.4 Å². The van der Waals surface area contributed by atoms with Crippen LogP contribution in [0.4, 0.5) is 0 Å². The number of aromatic nitrogens is 3. The predicted molar refractivity (Wildman–Crippen MR) is 119 cm³/mol. The highest BCUT2D eigenvalue weighted by molar-refractivity contribution is 7.85. The standard InChI is InChI=1S/C19H25ClN4O7S2/c1-13(25)30-10-9-23-16(18(26)24(19(23)32)14-6-2-3-7-21-14)15-17(20)31-12-22(15)8-4-5-11-33(27,28)29/h2-3,6-7,12-13,17,25-26H,4-5,8-11H2,1H3,(H,27,28,29)/p-1. The molecule has 33 heavy (non-hydrogen) atoms. The summed E-state index contributed by atoms with van der Waals surface area (Å²) in [7, 11) is -4.07. The van der Waals surface area contributed by atoms with Crippen molar-refractivity contribution in [3.63, 3.8) is 0 Å². The number of imidazole rings is 1. The molecule has 0 aliphatic carbocycles. The van der Waals surface area contributed by atoms with E-state index in [0.29, 0.717) is 24.8 Å². The third-order valence-electron chi connectivity index (χ3n) is 4.78. The van der Waals surface area contributed by atoms with E-state index >= 15 is 0 Å². The van der Waals surface area contributed by atoms with Crippen LogP contribution < -0.4 is 5.11 Å². The van der Waals surface area contributed by atoms with Crippen molar-refractivity contribution < 1.29 is 37.2 Å². The lowest BCUT2D eigenvalue weighted by Crippen LogP contribution is -2.27. The van der Waals surface area contributed by atoms with Gasteiger partial charge in [0.2, 0.25) is 12.0 Å². The van der Waals surface area contributed by atoms with E-state index in [-0.39, 0.29) is 35.8 Å². The van der Waals surface area contributed by atoms with Crippen molar-refractivity contribution in [3.05, 3.63) is 40.9 Å². The number of rotatable bonds is 11. The van der Waals surface area contributed by atoms with E-state index in [9.17, 15) is 18.6 Å². The zero-order valence-electron chi connectivity index (χ0n) is 17.7. The van der Waals surface area contributed by atoms with Crippen molar-refractivity contribution in [2.45, 2.75) is 38.2 Å². The maximum Gasteiger partial charge on any atom is 0.264 e.